The van der Waals surface area contributed by atoms with E-state index in [2.05, 4.69) is 0 Å². The number of halogens is 3. The number of benzene rings is 1. The Morgan fingerprint density at radius 3 is 2.58 bits per heavy atom. The van der Waals surface area contributed by atoms with Crippen LogP contribution in [0, 0.1) is 11.6 Å². The van der Waals surface area contributed by atoms with Crippen LogP contribution in [0.25, 0.3) is 0 Å². The van der Waals surface area contributed by atoms with E-state index in [4.69, 9.17) is 16.7 Å². The van der Waals surface area contributed by atoms with E-state index in [-0.39, 0.29) is 29.8 Å². The van der Waals surface area contributed by atoms with Gasteiger partial charge in [0.15, 0.2) is 0 Å². The van der Waals surface area contributed by atoms with Gasteiger partial charge in [-0.2, -0.15) is 0 Å². The minimum atomic E-state index is -0.848. The Bertz CT molecular complexity index is 492. The molecule has 0 aliphatic heterocycles. The van der Waals surface area contributed by atoms with Gasteiger partial charge in [-0.3, -0.25) is 4.79 Å². The third kappa shape index (κ3) is 2.87. The molecule has 0 radical (unpaired) electrons. The van der Waals surface area contributed by atoms with Crippen LogP contribution >= 0.6 is 11.6 Å². The van der Waals surface area contributed by atoms with Crippen molar-refractivity contribution in [2.24, 2.45) is 0 Å². The zero-order valence-corrected chi connectivity index (χ0v) is 11.0. The fraction of sp³-hybridized carbons (Fsp3) is 0.462. The Morgan fingerprint density at radius 2 is 2.05 bits per heavy atom. The minimum Gasteiger partial charge on any atom is -0.395 e. The van der Waals surface area contributed by atoms with Crippen molar-refractivity contribution in [3.05, 3.63) is 34.4 Å². The molecule has 1 aromatic rings. The molecule has 1 N–H and O–H groups in total. The van der Waals surface area contributed by atoms with E-state index in [9.17, 15) is 13.6 Å². The van der Waals surface area contributed by atoms with E-state index in [1.807, 2.05) is 0 Å². The molecule has 104 valence electrons. The highest BCUT2D eigenvalue weighted by Gasteiger charge is 2.30. The van der Waals surface area contributed by atoms with E-state index < -0.39 is 17.5 Å². The van der Waals surface area contributed by atoms with Gasteiger partial charge in [-0.1, -0.05) is 11.6 Å². The average Bonchev–Trinajstić information content (AvgIpc) is 2.30. The summed E-state index contributed by atoms with van der Waals surface area (Å²) in [6, 6.07) is 1.60. The quantitative estimate of drug-likeness (QED) is 0.866. The summed E-state index contributed by atoms with van der Waals surface area (Å²) in [7, 11) is 0. The zero-order chi connectivity index (χ0) is 14.0. The molecule has 1 aliphatic rings. The Kier molecular flexibility index (Phi) is 4.37. The lowest BCUT2D eigenvalue weighted by Crippen LogP contribution is -2.45. The number of aliphatic hydroxyl groups excluding tert-OH is 1. The van der Waals surface area contributed by atoms with Crippen LogP contribution in [-0.4, -0.2) is 35.1 Å². The van der Waals surface area contributed by atoms with Gasteiger partial charge >= 0.3 is 0 Å². The summed E-state index contributed by atoms with van der Waals surface area (Å²) in [5.74, 6) is -2.28. The van der Waals surface area contributed by atoms with E-state index in [0.29, 0.717) is 0 Å². The van der Waals surface area contributed by atoms with E-state index in [0.717, 1.165) is 31.4 Å². The topological polar surface area (TPSA) is 40.5 Å². The summed E-state index contributed by atoms with van der Waals surface area (Å²) in [6.45, 7) is -0.0902. The summed E-state index contributed by atoms with van der Waals surface area (Å²) in [6.07, 6.45) is 2.64. The molecule has 0 aromatic heterocycles. The van der Waals surface area contributed by atoms with Crippen molar-refractivity contribution >= 4 is 17.5 Å². The number of hydrogen-bond acceptors (Lipinski definition) is 2. The lowest BCUT2D eigenvalue weighted by molar-refractivity contribution is 0.0520. The molecule has 1 saturated carbocycles. The second kappa shape index (κ2) is 5.84. The monoisotopic (exact) mass is 289 g/mol. The van der Waals surface area contributed by atoms with Crippen LogP contribution in [0.15, 0.2) is 12.1 Å². The molecule has 0 unspecified atom stereocenters. The van der Waals surface area contributed by atoms with Gasteiger partial charge in [-0.15, -0.1) is 0 Å². The van der Waals surface area contributed by atoms with Crippen molar-refractivity contribution in [2.45, 2.75) is 25.3 Å². The SMILES string of the molecule is O=C(c1cc(F)c(Cl)cc1F)N(CCO)C1CCC1. The van der Waals surface area contributed by atoms with Gasteiger partial charge in [-0.25, -0.2) is 8.78 Å². The third-order valence-electron chi connectivity index (χ3n) is 3.36. The standard InChI is InChI=1S/C13H14ClF2NO2/c14-10-7-11(15)9(6-12(10)16)13(19)17(4-5-18)8-2-1-3-8/h6-8,18H,1-5H2. The maximum atomic E-state index is 13.7. The third-order valence-corrected chi connectivity index (χ3v) is 3.65. The Hall–Kier alpha value is -1.20. The summed E-state index contributed by atoms with van der Waals surface area (Å²) in [4.78, 5) is 13.6. The predicted molar refractivity (Wildman–Crippen MR) is 67.1 cm³/mol. The van der Waals surface area contributed by atoms with Crippen LogP contribution < -0.4 is 0 Å². The van der Waals surface area contributed by atoms with Crippen molar-refractivity contribution in [1.29, 1.82) is 0 Å². The van der Waals surface area contributed by atoms with Gasteiger partial charge in [0.1, 0.15) is 11.6 Å². The fourth-order valence-corrected chi connectivity index (χ4v) is 2.25. The zero-order valence-electron chi connectivity index (χ0n) is 10.2. The van der Waals surface area contributed by atoms with Crippen molar-refractivity contribution < 1.29 is 18.7 Å². The van der Waals surface area contributed by atoms with Crippen LogP contribution in [0.1, 0.15) is 29.6 Å². The molecule has 1 aromatic carbocycles. The normalized spacial score (nSPS) is 15.2. The Labute approximate surface area is 114 Å². The van der Waals surface area contributed by atoms with Gasteiger partial charge in [-0.05, 0) is 31.4 Å². The summed E-state index contributed by atoms with van der Waals surface area (Å²) < 4.78 is 27.1. The molecule has 0 atom stereocenters. The molecule has 0 bridgehead atoms. The molecule has 19 heavy (non-hydrogen) atoms. The highest BCUT2D eigenvalue weighted by atomic mass is 35.5. The molecule has 6 heteroatoms. The maximum Gasteiger partial charge on any atom is 0.257 e. The van der Waals surface area contributed by atoms with E-state index in [1.54, 1.807) is 0 Å². The number of aliphatic hydroxyl groups is 1. The molecular formula is C13H14ClF2NO2. The lowest BCUT2D eigenvalue weighted by atomic mass is 9.91. The van der Waals surface area contributed by atoms with Crippen LogP contribution in [0.4, 0.5) is 8.78 Å². The highest BCUT2D eigenvalue weighted by molar-refractivity contribution is 6.30. The molecule has 0 heterocycles. The lowest BCUT2D eigenvalue weighted by Gasteiger charge is -2.37. The first-order valence-corrected chi connectivity index (χ1v) is 6.48. The van der Waals surface area contributed by atoms with Gasteiger partial charge in [0.25, 0.3) is 5.91 Å². The van der Waals surface area contributed by atoms with E-state index in [1.165, 1.54) is 4.90 Å². The molecule has 1 fully saturated rings. The molecule has 1 aliphatic carbocycles. The first-order chi connectivity index (χ1) is 9.04. The molecule has 0 saturated heterocycles. The molecule has 1 amide bonds. The number of rotatable bonds is 4. The Balaban J connectivity index is 2.28. The van der Waals surface area contributed by atoms with Gasteiger partial charge in [0.05, 0.1) is 17.2 Å². The largest absolute Gasteiger partial charge is 0.395 e. The van der Waals surface area contributed by atoms with Crippen molar-refractivity contribution in [3.63, 3.8) is 0 Å². The number of carbonyl (C=O) groups is 1. The smallest absolute Gasteiger partial charge is 0.257 e. The summed E-state index contributed by atoms with van der Waals surface area (Å²) in [5.41, 5.74) is -0.345. The molecule has 2 rings (SSSR count). The van der Waals surface area contributed by atoms with Crippen LogP contribution in [0.5, 0.6) is 0 Å². The number of nitrogens with zero attached hydrogens (tertiary/aromatic N) is 1. The van der Waals surface area contributed by atoms with Crippen LogP contribution in [0.2, 0.25) is 5.02 Å². The van der Waals surface area contributed by atoms with Gasteiger partial charge in [0, 0.05) is 12.6 Å². The van der Waals surface area contributed by atoms with Crippen LogP contribution in [0.3, 0.4) is 0 Å². The first kappa shape index (κ1) is 14.2. The molecule has 0 spiro atoms. The highest BCUT2D eigenvalue weighted by Crippen LogP contribution is 2.27. The number of amides is 1. The van der Waals surface area contributed by atoms with Crippen molar-refractivity contribution in [2.75, 3.05) is 13.2 Å². The predicted octanol–water partition coefficient (Wildman–Crippen LogP) is 2.61. The maximum absolute atomic E-state index is 13.7. The Morgan fingerprint density at radius 1 is 1.37 bits per heavy atom. The second-order valence-electron chi connectivity index (χ2n) is 4.55. The van der Waals surface area contributed by atoms with Crippen LogP contribution in [-0.2, 0) is 0 Å². The molecular weight excluding hydrogens is 276 g/mol. The number of carbonyl (C=O) groups excluding carboxylic acids is 1. The first-order valence-electron chi connectivity index (χ1n) is 6.11. The van der Waals surface area contributed by atoms with Crippen molar-refractivity contribution in [1.82, 2.24) is 4.90 Å². The summed E-state index contributed by atoms with van der Waals surface area (Å²) in [5, 5.41) is 8.63. The molecule has 3 nitrogen and oxygen atoms in total. The second-order valence-corrected chi connectivity index (χ2v) is 4.96. The van der Waals surface area contributed by atoms with Crippen molar-refractivity contribution in [3.8, 4) is 0 Å². The van der Waals surface area contributed by atoms with E-state index >= 15 is 0 Å². The fourth-order valence-electron chi connectivity index (χ4n) is 2.10. The minimum absolute atomic E-state index is 0.00205. The number of hydrogen-bond donors (Lipinski definition) is 1. The summed E-state index contributed by atoms with van der Waals surface area (Å²) >= 11 is 5.45. The average molecular weight is 290 g/mol. The van der Waals surface area contributed by atoms with Gasteiger partial charge in [0.2, 0.25) is 0 Å². The van der Waals surface area contributed by atoms with Gasteiger partial charge < -0.3 is 10.0 Å².